The molecule has 0 fully saturated rings. The zero-order valence-electron chi connectivity index (χ0n) is 17.0. The van der Waals surface area contributed by atoms with Crippen molar-refractivity contribution in [1.29, 1.82) is 0 Å². The first-order chi connectivity index (χ1) is 13.9. The van der Waals surface area contributed by atoms with Crippen molar-refractivity contribution in [3.05, 3.63) is 100 Å². The highest BCUT2D eigenvalue weighted by Gasteiger charge is 2.17. The minimum Gasteiger partial charge on any atom is -0.454 e. The van der Waals surface area contributed by atoms with Crippen molar-refractivity contribution in [2.75, 3.05) is 6.61 Å². The standard InChI is InChI=1S/C25H25NO3/c1-18-9-11-21(12-10-18)13-14-25(28)29-17-24(27)23-15-19(2)26(20(23)3)16-22-7-5-4-6-8-22/h4-15H,16-17H2,1-3H3/b14-13+. The van der Waals surface area contributed by atoms with E-state index in [1.54, 1.807) is 6.08 Å². The Morgan fingerprint density at radius 3 is 2.34 bits per heavy atom. The van der Waals surface area contributed by atoms with E-state index in [4.69, 9.17) is 4.74 Å². The summed E-state index contributed by atoms with van der Waals surface area (Å²) in [5, 5.41) is 0. The lowest BCUT2D eigenvalue weighted by molar-refractivity contribution is -0.136. The van der Waals surface area contributed by atoms with Gasteiger partial charge >= 0.3 is 5.97 Å². The average molecular weight is 387 g/mol. The van der Waals surface area contributed by atoms with Crippen LogP contribution in [0.5, 0.6) is 0 Å². The number of nitrogens with zero attached hydrogens (tertiary/aromatic N) is 1. The molecule has 0 saturated heterocycles. The third-order valence-corrected chi connectivity index (χ3v) is 4.89. The average Bonchev–Trinajstić information content (AvgIpc) is 3.00. The van der Waals surface area contributed by atoms with Gasteiger partial charge < -0.3 is 9.30 Å². The van der Waals surface area contributed by atoms with E-state index in [1.165, 1.54) is 11.6 Å². The van der Waals surface area contributed by atoms with Gasteiger partial charge in [0.05, 0.1) is 0 Å². The SMILES string of the molecule is Cc1ccc(/C=C/C(=O)OCC(=O)c2cc(C)n(Cc3ccccc3)c2C)cc1. The second kappa shape index (κ2) is 9.20. The predicted molar refractivity (Wildman–Crippen MR) is 115 cm³/mol. The molecule has 0 bridgehead atoms. The molecule has 0 atom stereocenters. The Morgan fingerprint density at radius 1 is 0.966 bits per heavy atom. The first-order valence-electron chi connectivity index (χ1n) is 9.59. The third-order valence-electron chi connectivity index (χ3n) is 4.89. The summed E-state index contributed by atoms with van der Waals surface area (Å²) < 4.78 is 7.24. The molecule has 0 spiro atoms. The lowest BCUT2D eigenvalue weighted by Crippen LogP contribution is -2.13. The molecule has 1 heterocycles. The van der Waals surface area contributed by atoms with Crippen LogP contribution in [0.3, 0.4) is 0 Å². The molecule has 29 heavy (non-hydrogen) atoms. The molecule has 0 aliphatic rings. The summed E-state index contributed by atoms with van der Waals surface area (Å²) in [5.41, 5.74) is 5.70. The number of aryl methyl sites for hydroxylation is 2. The van der Waals surface area contributed by atoms with Crippen LogP contribution in [0.2, 0.25) is 0 Å². The molecule has 0 saturated carbocycles. The highest BCUT2D eigenvalue weighted by Crippen LogP contribution is 2.18. The summed E-state index contributed by atoms with van der Waals surface area (Å²) in [6.45, 7) is 6.33. The summed E-state index contributed by atoms with van der Waals surface area (Å²) in [7, 11) is 0. The number of hydrogen-bond acceptors (Lipinski definition) is 3. The number of rotatable bonds is 7. The van der Waals surface area contributed by atoms with Gasteiger partial charge in [-0.2, -0.15) is 0 Å². The van der Waals surface area contributed by atoms with Crippen LogP contribution in [-0.4, -0.2) is 22.9 Å². The predicted octanol–water partition coefficient (Wildman–Crippen LogP) is 4.90. The number of hydrogen-bond donors (Lipinski definition) is 0. The summed E-state index contributed by atoms with van der Waals surface area (Å²) in [4.78, 5) is 24.5. The molecule has 0 aliphatic carbocycles. The molecule has 2 aromatic carbocycles. The number of carbonyl (C=O) groups is 2. The topological polar surface area (TPSA) is 48.3 Å². The second-order valence-electron chi connectivity index (χ2n) is 7.13. The maximum absolute atomic E-state index is 12.6. The summed E-state index contributed by atoms with van der Waals surface area (Å²) >= 11 is 0. The highest BCUT2D eigenvalue weighted by molar-refractivity contribution is 6.00. The zero-order valence-corrected chi connectivity index (χ0v) is 17.0. The fourth-order valence-corrected chi connectivity index (χ4v) is 3.20. The van der Waals surface area contributed by atoms with Crippen molar-refractivity contribution >= 4 is 17.8 Å². The Kier molecular flexibility index (Phi) is 6.45. The van der Waals surface area contributed by atoms with Gasteiger partial charge in [0.25, 0.3) is 0 Å². The normalized spacial score (nSPS) is 11.0. The van der Waals surface area contributed by atoms with Crippen molar-refractivity contribution in [2.24, 2.45) is 0 Å². The molecular weight excluding hydrogens is 362 g/mol. The Labute approximate surface area is 171 Å². The van der Waals surface area contributed by atoms with E-state index in [0.29, 0.717) is 12.1 Å². The number of aromatic nitrogens is 1. The molecule has 0 radical (unpaired) electrons. The van der Waals surface area contributed by atoms with Crippen LogP contribution in [0, 0.1) is 20.8 Å². The van der Waals surface area contributed by atoms with Gasteiger partial charge in [-0.05, 0) is 44.0 Å². The zero-order chi connectivity index (χ0) is 20.8. The maximum atomic E-state index is 12.6. The number of Topliss-reactive ketones (excluding diaryl/α,β-unsaturated/α-hetero) is 1. The van der Waals surface area contributed by atoms with Gasteiger partial charge in [0.15, 0.2) is 6.61 Å². The van der Waals surface area contributed by atoms with Crippen molar-refractivity contribution in [2.45, 2.75) is 27.3 Å². The molecule has 1 aromatic heterocycles. The minimum atomic E-state index is -0.531. The Hall–Kier alpha value is -3.40. The van der Waals surface area contributed by atoms with Crippen LogP contribution < -0.4 is 0 Å². The van der Waals surface area contributed by atoms with E-state index in [-0.39, 0.29) is 12.4 Å². The molecule has 0 N–H and O–H groups in total. The number of benzene rings is 2. The van der Waals surface area contributed by atoms with E-state index in [0.717, 1.165) is 22.5 Å². The van der Waals surface area contributed by atoms with E-state index in [9.17, 15) is 9.59 Å². The van der Waals surface area contributed by atoms with Gasteiger partial charge in [0.1, 0.15) is 0 Å². The van der Waals surface area contributed by atoms with Gasteiger partial charge in [-0.1, -0.05) is 60.2 Å². The molecular formula is C25H25NO3. The molecule has 4 heteroatoms. The van der Waals surface area contributed by atoms with Crippen LogP contribution in [0.1, 0.15) is 38.4 Å². The first-order valence-corrected chi connectivity index (χ1v) is 9.59. The molecule has 148 valence electrons. The van der Waals surface area contributed by atoms with E-state index in [2.05, 4.69) is 16.7 Å². The quantitative estimate of drug-likeness (QED) is 0.329. The fourth-order valence-electron chi connectivity index (χ4n) is 3.20. The van der Waals surface area contributed by atoms with Gasteiger partial charge in [-0.15, -0.1) is 0 Å². The van der Waals surface area contributed by atoms with Crippen molar-refractivity contribution in [1.82, 2.24) is 4.57 Å². The van der Waals surface area contributed by atoms with Gasteiger partial charge in [-0.3, -0.25) is 4.79 Å². The Morgan fingerprint density at radius 2 is 1.66 bits per heavy atom. The van der Waals surface area contributed by atoms with Gasteiger partial charge in [0.2, 0.25) is 5.78 Å². The summed E-state index contributed by atoms with van der Waals surface area (Å²) in [6.07, 6.45) is 3.02. The molecule has 0 unspecified atom stereocenters. The van der Waals surface area contributed by atoms with Crippen molar-refractivity contribution in [3.8, 4) is 0 Å². The lowest BCUT2D eigenvalue weighted by atomic mass is 10.1. The first kappa shape index (κ1) is 20.3. The van der Waals surface area contributed by atoms with E-state index in [1.807, 2.05) is 69.3 Å². The molecule has 4 nitrogen and oxygen atoms in total. The number of carbonyl (C=O) groups excluding carboxylic acids is 2. The van der Waals surface area contributed by atoms with Crippen LogP contribution >= 0.6 is 0 Å². The van der Waals surface area contributed by atoms with E-state index >= 15 is 0 Å². The molecule has 0 aliphatic heterocycles. The maximum Gasteiger partial charge on any atom is 0.331 e. The van der Waals surface area contributed by atoms with Crippen LogP contribution in [0.25, 0.3) is 6.08 Å². The summed E-state index contributed by atoms with van der Waals surface area (Å²) in [5.74, 6) is -0.730. The van der Waals surface area contributed by atoms with E-state index < -0.39 is 5.97 Å². The lowest BCUT2D eigenvalue weighted by Gasteiger charge is -2.10. The van der Waals surface area contributed by atoms with Crippen molar-refractivity contribution in [3.63, 3.8) is 0 Å². The fraction of sp³-hybridized carbons (Fsp3) is 0.200. The highest BCUT2D eigenvalue weighted by atomic mass is 16.5. The van der Waals surface area contributed by atoms with Gasteiger partial charge in [0, 0.05) is 29.6 Å². The van der Waals surface area contributed by atoms with Crippen LogP contribution in [0.4, 0.5) is 0 Å². The summed E-state index contributed by atoms with van der Waals surface area (Å²) in [6, 6.07) is 19.7. The largest absolute Gasteiger partial charge is 0.454 e. The minimum absolute atomic E-state index is 0.200. The molecule has 0 amide bonds. The monoisotopic (exact) mass is 387 g/mol. The number of esters is 1. The smallest absolute Gasteiger partial charge is 0.331 e. The van der Waals surface area contributed by atoms with Gasteiger partial charge in [-0.25, -0.2) is 4.79 Å². The van der Waals surface area contributed by atoms with Crippen LogP contribution in [-0.2, 0) is 16.1 Å². The van der Waals surface area contributed by atoms with Crippen molar-refractivity contribution < 1.29 is 14.3 Å². The second-order valence-corrected chi connectivity index (χ2v) is 7.13. The number of ether oxygens (including phenoxy) is 1. The number of ketones is 1. The third kappa shape index (κ3) is 5.32. The molecule has 3 rings (SSSR count). The Balaban J connectivity index is 1.61. The van der Waals surface area contributed by atoms with Crippen LogP contribution in [0.15, 0.2) is 66.7 Å². The molecule has 3 aromatic rings. The Bertz CT molecular complexity index is 1030.